The van der Waals surface area contributed by atoms with Crippen molar-refractivity contribution < 1.29 is 38.3 Å². The number of ketones is 2. The van der Waals surface area contributed by atoms with E-state index in [1.165, 1.54) is 32.0 Å². The first-order valence-corrected chi connectivity index (χ1v) is 19.7. The van der Waals surface area contributed by atoms with E-state index in [4.69, 9.17) is 25.9 Å². The van der Waals surface area contributed by atoms with Crippen molar-refractivity contribution in [2.45, 2.75) is 128 Å². The number of benzene rings is 1. The number of Topliss-reactive ketones (excluding diaryl/α,β-unsaturated/α-hetero) is 2. The van der Waals surface area contributed by atoms with Gasteiger partial charge < -0.3 is 29.8 Å². The van der Waals surface area contributed by atoms with Crippen LogP contribution in [0.25, 0.3) is 0 Å². The number of nitrogens with zero attached hydrogens (tertiary/aromatic N) is 2. The molecule has 12 nitrogen and oxygen atoms in total. The summed E-state index contributed by atoms with van der Waals surface area (Å²) < 4.78 is 11.0. The monoisotopic (exact) mass is 754 g/mol. The molecule has 4 fully saturated rings. The SMILES string of the molecule is CCC[C@H](NC(=O)[C@@H]1C[C@]2(CC(c3cc(Cl)c(OC)cc3OC)=NO2)CN1C(=O)[C@@H](NC(=O)CC1CC2CCC1C2)C(C)(C)C)C(=O)C(=O)CC1CC1. The largest absolute Gasteiger partial charge is 0.496 e. The summed E-state index contributed by atoms with van der Waals surface area (Å²) in [7, 11) is 3.03. The van der Waals surface area contributed by atoms with Crippen molar-refractivity contribution >= 4 is 46.6 Å². The predicted molar refractivity (Wildman–Crippen MR) is 199 cm³/mol. The van der Waals surface area contributed by atoms with Crippen LogP contribution in [0.15, 0.2) is 17.3 Å². The number of fused-ring (bicyclic) bond motifs is 2. The fourth-order valence-electron chi connectivity index (χ4n) is 8.96. The lowest BCUT2D eigenvalue weighted by atomic mass is 9.84. The van der Waals surface area contributed by atoms with Gasteiger partial charge in [0.05, 0.1) is 37.5 Å². The Balaban J connectivity index is 1.25. The molecular weight excluding hydrogens is 700 g/mol. The minimum atomic E-state index is -1.09. The van der Waals surface area contributed by atoms with E-state index in [0.29, 0.717) is 58.4 Å². The molecule has 3 aliphatic carbocycles. The van der Waals surface area contributed by atoms with Gasteiger partial charge in [-0.2, -0.15) is 0 Å². The highest BCUT2D eigenvalue weighted by atomic mass is 35.5. The highest BCUT2D eigenvalue weighted by molar-refractivity contribution is 6.39. The Morgan fingerprint density at radius 3 is 2.36 bits per heavy atom. The normalized spacial score (nSPS) is 27.2. The van der Waals surface area contributed by atoms with E-state index in [1.54, 1.807) is 12.1 Å². The van der Waals surface area contributed by atoms with Crippen LogP contribution in [0.5, 0.6) is 11.5 Å². The van der Waals surface area contributed by atoms with Crippen molar-refractivity contribution in [1.82, 2.24) is 15.5 Å². The van der Waals surface area contributed by atoms with Gasteiger partial charge in [0.2, 0.25) is 29.3 Å². The third kappa shape index (κ3) is 8.52. The molecule has 53 heavy (non-hydrogen) atoms. The van der Waals surface area contributed by atoms with Gasteiger partial charge in [-0.05, 0) is 73.7 Å². The van der Waals surface area contributed by atoms with Gasteiger partial charge in [0.25, 0.3) is 0 Å². The van der Waals surface area contributed by atoms with E-state index < -0.39 is 52.5 Å². The Morgan fingerprint density at radius 2 is 1.75 bits per heavy atom. The van der Waals surface area contributed by atoms with E-state index in [0.717, 1.165) is 25.7 Å². The topological polar surface area (TPSA) is 153 Å². The van der Waals surface area contributed by atoms with Crippen LogP contribution >= 0.6 is 11.6 Å². The molecule has 290 valence electrons. The quantitative estimate of drug-likeness (QED) is 0.226. The molecule has 7 atom stereocenters. The zero-order valence-electron chi connectivity index (χ0n) is 31.9. The molecule has 3 amide bonds. The van der Waals surface area contributed by atoms with Gasteiger partial charge >= 0.3 is 0 Å². The van der Waals surface area contributed by atoms with Gasteiger partial charge in [-0.25, -0.2) is 0 Å². The van der Waals surface area contributed by atoms with Crippen LogP contribution in [0.3, 0.4) is 0 Å². The fraction of sp³-hybridized carbons (Fsp3) is 0.700. The number of likely N-dealkylation sites (tertiary alicyclic amines) is 1. The maximum absolute atomic E-state index is 14.8. The Morgan fingerprint density at radius 1 is 1.02 bits per heavy atom. The molecule has 0 aromatic heterocycles. The van der Waals surface area contributed by atoms with E-state index in [9.17, 15) is 24.0 Å². The van der Waals surface area contributed by atoms with Crippen LogP contribution < -0.4 is 20.1 Å². The molecule has 0 radical (unpaired) electrons. The summed E-state index contributed by atoms with van der Waals surface area (Å²) in [6.07, 6.45) is 8.19. The number of oxime groups is 1. The molecule has 1 spiro atoms. The Bertz CT molecular complexity index is 1650. The maximum atomic E-state index is 14.8. The minimum absolute atomic E-state index is 0.00491. The number of hydrogen-bond donors (Lipinski definition) is 2. The van der Waals surface area contributed by atoms with Crippen LogP contribution in [-0.4, -0.2) is 84.4 Å². The summed E-state index contributed by atoms with van der Waals surface area (Å²) in [6, 6.07) is 0.345. The van der Waals surface area contributed by atoms with Crippen molar-refractivity contribution in [2.24, 2.45) is 34.2 Å². The molecule has 3 saturated carbocycles. The van der Waals surface area contributed by atoms with Crippen LogP contribution in [0, 0.1) is 29.1 Å². The standard InChI is InChI=1S/C40H55ClN4O8/c1-7-8-28(35(48)31(46)15-22-9-10-22)42-37(49)30-20-40(19-29(44-53-40)26-17-27(41)33(52-6)18-32(26)51-5)21-45(30)38(50)36(39(2,3)4)43-34(47)16-25-14-23-11-12-24(25)13-23/h17-18,22-25,28,30,36H,7-16,19-21H2,1-6H3,(H,42,49)(H,43,47)/t23?,24?,25?,28-,30-,36+,40+/m0/s1. The van der Waals surface area contributed by atoms with E-state index >= 15 is 0 Å². The van der Waals surface area contributed by atoms with Gasteiger partial charge in [-0.15, -0.1) is 0 Å². The molecule has 1 aromatic carbocycles. The van der Waals surface area contributed by atoms with Crippen molar-refractivity contribution in [3.63, 3.8) is 0 Å². The second-order valence-electron chi connectivity index (χ2n) is 17.2. The average molecular weight is 755 g/mol. The zero-order valence-corrected chi connectivity index (χ0v) is 32.7. The number of nitrogens with one attached hydrogen (secondary N) is 2. The lowest BCUT2D eigenvalue weighted by molar-refractivity contribution is -0.145. The number of carbonyl (C=O) groups excluding carboxylic acids is 5. The summed E-state index contributed by atoms with van der Waals surface area (Å²) in [4.78, 5) is 76.5. The predicted octanol–water partition coefficient (Wildman–Crippen LogP) is 5.40. The number of amides is 3. The van der Waals surface area contributed by atoms with Gasteiger partial charge in [0.1, 0.15) is 23.6 Å². The van der Waals surface area contributed by atoms with Gasteiger partial charge in [-0.3, -0.25) is 24.0 Å². The lowest BCUT2D eigenvalue weighted by Crippen LogP contribution is -2.59. The minimum Gasteiger partial charge on any atom is -0.496 e. The molecule has 1 saturated heterocycles. The number of halogens is 1. The first-order chi connectivity index (χ1) is 25.1. The molecule has 2 aliphatic heterocycles. The summed E-state index contributed by atoms with van der Waals surface area (Å²) >= 11 is 6.49. The molecule has 2 heterocycles. The number of ether oxygens (including phenoxy) is 2. The van der Waals surface area contributed by atoms with Crippen LogP contribution in [-0.2, 0) is 28.8 Å². The fourth-order valence-corrected chi connectivity index (χ4v) is 9.20. The van der Waals surface area contributed by atoms with Crippen molar-refractivity contribution in [3.05, 3.63) is 22.7 Å². The van der Waals surface area contributed by atoms with E-state index in [1.807, 2.05) is 27.7 Å². The highest BCUT2D eigenvalue weighted by Crippen LogP contribution is 2.49. The second kappa shape index (κ2) is 15.6. The van der Waals surface area contributed by atoms with Crippen LogP contribution in [0.4, 0.5) is 0 Å². The van der Waals surface area contributed by atoms with Crippen molar-refractivity contribution in [3.8, 4) is 11.5 Å². The second-order valence-corrected chi connectivity index (χ2v) is 17.6. The Hall–Kier alpha value is -3.67. The smallest absolute Gasteiger partial charge is 0.246 e. The van der Waals surface area contributed by atoms with E-state index in [2.05, 4.69) is 15.8 Å². The number of hydrogen-bond acceptors (Lipinski definition) is 9. The summed E-state index contributed by atoms with van der Waals surface area (Å²) in [5, 5.41) is 10.7. The third-order valence-corrected chi connectivity index (χ3v) is 12.3. The number of carbonyl (C=O) groups is 5. The molecule has 2 bridgehead atoms. The third-order valence-electron chi connectivity index (χ3n) is 12.0. The lowest BCUT2D eigenvalue weighted by Gasteiger charge is -2.36. The maximum Gasteiger partial charge on any atom is 0.246 e. The molecule has 3 unspecified atom stereocenters. The first kappa shape index (κ1) is 39.0. The van der Waals surface area contributed by atoms with Crippen molar-refractivity contribution in [1.29, 1.82) is 0 Å². The molecular formula is C40H55ClN4O8. The molecule has 1 aromatic rings. The van der Waals surface area contributed by atoms with Crippen LogP contribution in [0.2, 0.25) is 5.02 Å². The molecule has 2 N–H and O–H groups in total. The average Bonchev–Trinajstić information content (AvgIpc) is 3.44. The van der Waals surface area contributed by atoms with Gasteiger partial charge in [0.15, 0.2) is 5.60 Å². The van der Waals surface area contributed by atoms with Gasteiger partial charge in [-0.1, -0.05) is 57.3 Å². The molecule has 6 rings (SSSR count). The zero-order chi connectivity index (χ0) is 38.2. The number of rotatable bonds is 15. The van der Waals surface area contributed by atoms with Crippen LogP contribution in [0.1, 0.15) is 110 Å². The molecule has 13 heteroatoms. The Kier molecular flexibility index (Phi) is 11.5. The summed E-state index contributed by atoms with van der Waals surface area (Å²) in [6.45, 7) is 7.56. The number of methoxy groups -OCH3 is 2. The Labute approximate surface area is 317 Å². The highest BCUT2D eigenvalue weighted by Gasteiger charge is 2.56. The van der Waals surface area contributed by atoms with Gasteiger partial charge in [0, 0.05) is 37.3 Å². The van der Waals surface area contributed by atoms with E-state index in [-0.39, 0.29) is 44.1 Å². The molecule has 5 aliphatic rings. The summed E-state index contributed by atoms with van der Waals surface area (Å²) in [5.74, 6) is 0.480. The van der Waals surface area contributed by atoms with Crippen molar-refractivity contribution in [2.75, 3.05) is 20.8 Å². The summed E-state index contributed by atoms with van der Waals surface area (Å²) in [5.41, 5.74) is -0.675. The first-order valence-electron chi connectivity index (χ1n) is 19.3.